The molecular formula is C57H44. The summed E-state index contributed by atoms with van der Waals surface area (Å²) in [5.74, 6) is 0. The van der Waals surface area contributed by atoms with E-state index >= 15 is 0 Å². The molecule has 12 rings (SSSR count). The number of hydrogen-bond donors (Lipinski definition) is 0. The van der Waals surface area contributed by atoms with Gasteiger partial charge >= 0.3 is 0 Å². The molecule has 0 heterocycles. The van der Waals surface area contributed by atoms with Crippen molar-refractivity contribution in [1.29, 1.82) is 0 Å². The number of benzene rings is 9. The molecule has 0 saturated carbocycles. The van der Waals surface area contributed by atoms with E-state index in [-0.39, 0.29) is 10.8 Å². The maximum absolute atomic E-state index is 2.62. The van der Waals surface area contributed by atoms with Crippen LogP contribution in [0.25, 0.3) is 88.0 Å². The zero-order chi connectivity index (χ0) is 38.6. The lowest BCUT2D eigenvalue weighted by molar-refractivity contribution is 0.589. The average molecular weight is 729 g/mol. The van der Waals surface area contributed by atoms with Crippen LogP contribution in [-0.4, -0.2) is 0 Å². The van der Waals surface area contributed by atoms with E-state index in [1.54, 1.807) is 0 Å². The molecule has 3 aliphatic carbocycles. The van der Waals surface area contributed by atoms with Crippen molar-refractivity contribution in [2.24, 2.45) is 0 Å². The summed E-state index contributed by atoms with van der Waals surface area (Å²) in [5.41, 5.74) is 21.4. The van der Waals surface area contributed by atoms with Crippen LogP contribution in [0.3, 0.4) is 0 Å². The molecule has 0 unspecified atom stereocenters. The number of rotatable bonds is 1. The summed E-state index contributed by atoms with van der Waals surface area (Å²) in [6, 6.07) is 61.1. The van der Waals surface area contributed by atoms with Crippen LogP contribution in [0.1, 0.15) is 74.9 Å². The normalized spacial score (nSPS) is 14.3. The summed E-state index contributed by atoms with van der Waals surface area (Å²) in [4.78, 5) is 0. The second kappa shape index (κ2) is 11.0. The van der Waals surface area contributed by atoms with E-state index in [1.165, 1.54) is 121 Å². The molecule has 9 aromatic rings. The van der Waals surface area contributed by atoms with Crippen molar-refractivity contribution in [2.75, 3.05) is 0 Å². The molecule has 0 amide bonds. The van der Waals surface area contributed by atoms with E-state index in [0.717, 1.165) is 0 Å². The van der Waals surface area contributed by atoms with Gasteiger partial charge in [0, 0.05) is 0 Å². The lowest BCUT2D eigenvalue weighted by Gasteiger charge is -2.30. The molecule has 0 heteroatoms. The van der Waals surface area contributed by atoms with Crippen molar-refractivity contribution < 1.29 is 0 Å². The van der Waals surface area contributed by atoms with Crippen LogP contribution in [0, 0.1) is 0 Å². The Morgan fingerprint density at radius 2 is 0.895 bits per heavy atom. The SMILES string of the molecule is CC(C)(C)c1cc(-c2c3c(cc4ccccc24)-c2cc4c(c5cccc-3c25)-c2ccccc2C42c3ccccc3-c3ccccc32)c2cc(C(C)(C)C)ccc2c1. The van der Waals surface area contributed by atoms with Crippen LogP contribution < -0.4 is 0 Å². The van der Waals surface area contributed by atoms with Gasteiger partial charge in [0.2, 0.25) is 0 Å². The van der Waals surface area contributed by atoms with Crippen LogP contribution in [-0.2, 0) is 16.2 Å². The first-order chi connectivity index (χ1) is 27.5. The van der Waals surface area contributed by atoms with Crippen LogP contribution in [0.15, 0.2) is 158 Å². The Kier molecular flexibility index (Phi) is 6.35. The van der Waals surface area contributed by atoms with Gasteiger partial charge in [0.05, 0.1) is 5.41 Å². The van der Waals surface area contributed by atoms with Gasteiger partial charge in [-0.3, -0.25) is 0 Å². The molecule has 9 aromatic carbocycles. The Morgan fingerprint density at radius 3 is 1.60 bits per heavy atom. The van der Waals surface area contributed by atoms with Gasteiger partial charge in [0.25, 0.3) is 0 Å². The van der Waals surface area contributed by atoms with Crippen molar-refractivity contribution in [3.05, 3.63) is 191 Å². The van der Waals surface area contributed by atoms with Gasteiger partial charge in [-0.05, 0) is 150 Å². The van der Waals surface area contributed by atoms with E-state index in [9.17, 15) is 0 Å². The Labute approximate surface area is 335 Å². The summed E-state index contributed by atoms with van der Waals surface area (Å²) in [7, 11) is 0. The van der Waals surface area contributed by atoms with Gasteiger partial charge in [-0.25, -0.2) is 0 Å². The molecule has 0 N–H and O–H groups in total. The molecule has 57 heavy (non-hydrogen) atoms. The third kappa shape index (κ3) is 4.18. The first kappa shape index (κ1) is 33.0. The zero-order valence-corrected chi connectivity index (χ0v) is 33.5. The fourth-order valence-corrected chi connectivity index (χ4v) is 11.1. The summed E-state index contributed by atoms with van der Waals surface area (Å²) in [6.07, 6.45) is 0. The highest BCUT2D eigenvalue weighted by molar-refractivity contribution is 6.27. The molecule has 0 aromatic heterocycles. The minimum atomic E-state index is -0.400. The average Bonchev–Trinajstić information content (AvgIpc) is 3.81. The van der Waals surface area contributed by atoms with Crippen LogP contribution >= 0.6 is 0 Å². The fourth-order valence-electron chi connectivity index (χ4n) is 11.1. The minimum Gasteiger partial charge on any atom is -0.0619 e. The lowest BCUT2D eigenvalue weighted by atomic mass is 9.70. The molecular weight excluding hydrogens is 685 g/mol. The van der Waals surface area contributed by atoms with E-state index in [2.05, 4.69) is 199 Å². The second-order valence-corrected chi connectivity index (χ2v) is 18.8. The van der Waals surface area contributed by atoms with E-state index in [0.29, 0.717) is 0 Å². The highest BCUT2D eigenvalue weighted by Gasteiger charge is 2.52. The number of hydrogen-bond acceptors (Lipinski definition) is 0. The molecule has 1 spiro atoms. The fraction of sp³-hybridized carbons (Fsp3) is 0.158. The minimum absolute atomic E-state index is 0.0151. The summed E-state index contributed by atoms with van der Waals surface area (Å²) in [6.45, 7) is 14.0. The molecule has 0 bridgehead atoms. The van der Waals surface area contributed by atoms with Crippen molar-refractivity contribution in [1.82, 2.24) is 0 Å². The smallest absolute Gasteiger partial charge is 0.0619 e. The molecule has 0 nitrogen and oxygen atoms in total. The molecule has 0 saturated heterocycles. The van der Waals surface area contributed by atoms with Gasteiger partial charge in [-0.1, -0.05) is 181 Å². The Bertz CT molecular complexity index is 3200. The van der Waals surface area contributed by atoms with Gasteiger partial charge in [0.15, 0.2) is 0 Å². The maximum Gasteiger partial charge on any atom is 0.0725 e. The van der Waals surface area contributed by atoms with Crippen molar-refractivity contribution in [3.63, 3.8) is 0 Å². The van der Waals surface area contributed by atoms with E-state index < -0.39 is 5.41 Å². The number of fused-ring (bicyclic) bond motifs is 16. The van der Waals surface area contributed by atoms with Gasteiger partial charge in [-0.15, -0.1) is 0 Å². The van der Waals surface area contributed by atoms with Crippen LogP contribution in [0.5, 0.6) is 0 Å². The van der Waals surface area contributed by atoms with Crippen molar-refractivity contribution >= 4 is 32.3 Å². The molecule has 0 fully saturated rings. The summed E-state index contributed by atoms with van der Waals surface area (Å²) in [5, 5.41) is 7.94. The summed E-state index contributed by atoms with van der Waals surface area (Å²) >= 11 is 0. The second-order valence-electron chi connectivity index (χ2n) is 18.8. The van der Waals surface area contributed by atoms with Crippen molar-refractivity contribution in [2.45, 2.75) is 57.8 Å². The highest BCUT2D eigenvalue weighted by Crippen LogP contribution is 2.66. The van der Waals surface area contributed by atoms with E-state index in [1.807, 2.05) is 0 Å². The van der Waals surface area contributed by atoms with E-state index in [4.69, 9.17) is 0 Å². The zero-order valence-electron chi connectivity index (χ0n) is 33.5. The Balaban J connectivity index is 1.25. The predicted octanol–water partition coefficient (Wildman–Crippen LogP) is 15.4. The Hall–Kier alpha value is -6.24. The third-order valence-electron chi connectivity index (χ3n) is 13.7. The van der Waals surface area contributed by atoms with Crippen molar-refractivity contribution in [3.8, 4) is 55.6 Å². The molecule has 0 aliphatic heterocycles. The molecule has 0 radical (unpaired) electrons. The quantitative estimate of drug-likeness (QED) is 0.158. The standard InChI is InChI=1S/C57H44/c1-55(2,3)35-27-26-34-28-36(56(4,5)6)31-45(43(34)30-35)53-37-17-8-7-16-33(37)29-44-46-32-50-52(41-21-15-22-42(51(41)46)54(44)53)40-20-11-14-25-49(40)57(50)47-23-12-9-18-38(47)39-19-10-13-24-48(39)57/h7-32H,1-6H3. The first-order valence-electron chi connectivity index (χ1n) is 20.6. The third-order valence-corrected chi connectivity index (χ3v) is 13.7. The molecule has 0 atom stereocenters. The van der Waals surface area contributed by atoms with Crippen LogP contribution in [0.4, 0.5) is 0 Å². The van der Waals surface area contributed by atoms with Gasteiger partial charge < -0.3 is 0 Å². The monoisotopic (exact) mass is 728 g/mol. The Morgan fingerprint density at radius 1 is 0.316 bits per heavy atom. The predicted molar refractivity (Wildman–Crippen MR) is 243 cm³/mol. The molecule has 3 aliphatic rings. The largest absolute Gasteiger partial charge is 0.0725 e. The highest BCUT2D eigenvalue weighted by atomic mass is 14.5. The summed E-state index contributed by atoms with van der Waals surface area (Å²) < 4.78 is 0. The molecule has 272 valence electrons. The van der Waals surface area contributed by atoms with Gasteiger partial charge in [0.1, 0.15) is 0 Å². The topological polar surface area (TPSA) is 0 Å². The lowest BCUT2D eigenvalue weighted by Crippen LogP contribution is -2.25. The van der Waals surface area contributed by atoms with Crippen LogP contribution in [0.2, 0.25) is 0 Å². The maximum atomic E-state index is 2.62. The first-order valence-corrected chi connectivity index (χ1v) is 20.6. The van der Waals surface area contributed by atoms with Gasteiger partial charge in [-0.2, -0.15) is 0 Å².